The summed E-state index contributed by atoms with van der Waals surface area (Å²) in [7, 11) is -2.59. The molecule has 2 aromatic carbocycles. The van der Waals surface area contributed by atoms with E-state index in [-0.39, 0.29) is 17.0 Å². The summed E-state index contributed by atoms with van der Waals surface area (Å²) < 4.78 is 67.8. The Kier molecular flexibility index (Phi) is 5.56. The molecule has 9 heteroatoms. The van der Waals surface area contributed by atoms with Crippen LogP contribution < -0.4 is 4.74 Å². The fourth-order valence-electron chi connectivity index (χ4n) is 2.01. The first-order valence-corrected chi connectivity index (χ1v) is 8.89. The van der Waals surface area contributed by atoms with Crippen molar-refractivity contribution < 1.29 is 26.3 Å². The van der Waals surface area contributed by atoms with Crippen LogP contribution in [-0.4, -0.2) is 26.1 Å². The zero-order valence-electron chi connectivity index (χ0n) is 12.4. The quantitative estimate of drug-likeness (QED) is 0.724. The number of hydrogen-bond donors (Lipinski definition) is 0. The van der Waals surface area contributed by atoms with Gasteiger partial charge in [-0.15, -0.1) is 13.2 Å². The third kappa shape index (κ3) is 4.49. The highest BCUT2D eigenvalue weighted by atomic mass is 79.9. The number of alkyl halides is 3. The molecule has 0 fully saturated rings. The average molecular weight is 424 g/mol. The molecule has 0 unspecified atom stereocenters. The molecule has 0 amide bonds. The van der Waals surface area contributed by atoms with E-state index in [1.807, 2.05) is 0 Å². The first-order valence-electron chi connectivity index (χ1n) is 6.66. The molecule has 0 aromatic heterocycles. The first kappa shape index (κ1) is 18.8. The molecule has 0 radical (unpaired) electrons. The highest BCUT2D eigenvalue weighted by Gasteiger charge is 2.32. The molecular formula is C15H13BrF3NO3S. The van der Waals surface area contributed by atoms with E-state index in [0.29, 0.717) is 4.47 Å². The van der Waals surface area contributed by atoms with Crippen LogP contribution in [0, 0.1) is 0 Å². The Hall–Kier alpha value is -1.58. The largest absolute Gasteiger partial charge is 0.573 e. The second-order valence-electron chi connectivity index (χ2n) is 4.85. The molecule has 0 saturated heterocycles. The molecule has 0 saturated carbocycles. The van der Waals surface area contributed by atoms with Crippen LogP contribution in [0.3, 0.4) is 0 Å². The van der Waals surface area contributed by atoms with Crippen LogP contribution in [0.5, 0.6) is 5.75 Å². The lowest BCUT2D eigenvalue weighted by atomic mass is 10.2. The highest BCUT2D eigenvalue weighted by molar-refractivity contribution is 9.10. The van der Waals surface area contributed by atoms with Gasteiger partial charge in [0.15, 0.2) is 0 Å². The third-order valence-electron chi connectivity index (χ3n) is 3.12. The molecule has 2 aromatic rings. The van der Waals surface area contributed by atoms with Gasteiger partial charge in [0.05, 0.1) is 4.90 Å². The number of nitrogens with zero attached hydrogens (tertiary/aromatic N) is 1. The zero-order valence-corrected chi connectivity index (χ0v) is 14.8. The number of halogens is 4. The number of hydrogen-bond acceptors (Lipinski definition) is 3. The van der Waals surface area contributed by atoms with Gasteiger partial charge in [-0.2, -0.15) is 4.31 Å². The summed E-state index contributed by atoms with van der Waals surface area (Å²) in [5.74, 6) is -0.431. The second-order valence-corrected chi connectivity index (χ2v) is 7.71. The molecule has 130 valence electrons. The van der Waals surface area contributed by atoms with E-state index in [1.165, 1.54) is 31.3 Å². The van der Waals surface area contributed by atoms with Gasteiger partial charge in [0.2, 0.25) is 10.0 Å². The number of benzene rings is 2. The van der Waals surface area contributed by atoms with Crippen LogP contribution in [0.25, 0.3) is 0 Å². The van der Waals surface area contributed by atoms with Crippen LogP contribution in [0.4, 0.5) is 13.2 Å². The van der Waals surface area contributed by atoms with Crippen molar-refractivity contribution in [1.29, 1.82) is 0 Å². The molecule has 24 heavy (non-hydrogen) atoms. The van der Waals surface area contributed by atoms with Crippen LogP contribution in [0.1, 0.15) is 5.56 Å². The summed E-state index contributed by atoms with van der Waals surface area (Å²) >= 11 is 3.16. The van der Waals surface area contributed by atoms with Gasteiger partial charge in [-0.05, 0) is 34.1 Å². The van der Waals surface area contributed by atoms with Gasteiger partial charge in [-0.25, -0.2) is 8.42 Å². The Labute approximate surface area is 146 Å². The topological polar surface area (TPSA) is 46.6 Å². The Morgan fingerprint density at radius 2 is 1.67 bits per heavy atom. The van der Waals surface area contributed by atoms with Crippen LogP contribution in [0.15, 0.2) is 57.9 Å². The average Bonchev–Trinajstić information content (AvgIpc) is 2.48. The van der Waals surface area contributed by atoms with E-state index >= 15 is 0 Å². The van der Waals surface area contributed by atoms with E-state index in [2.05, 4.69) is 20.7 Å². The maximum atomic E-state index is 12.6. The number of ether oxygens (including phenoxy) is 1. The Morgan fingerprint density at radius 1 is 1.08 bits per heavy atom. The molecule has 0 aliphatic rings. The van der Waals surface area contributed by atoms with E-state index in [9.17, 15) is 21.6 Å². The van der Waals surface area contributed by atoms with Crippen LogP contribution in [0.2, 0.25) is 0 Å². The molecule has 0 spiro atoms. The van der Waals surface area contributed by atoms with E-state index in [0.717, 1.165) is 10.4 Å². The molecule has 0 heterocycles. The van der Waals surface area contributed by atoms with E-state index in [1.54, 1.807) is 18.2 Å². The zero-order chi connectivity index (χ0) is 18.0. The summed E-state index contributed by atoms with van der Waals surface area (Å²) in [4.78, 5) is 0.0294. The summed E-state index contributed by atoms with van der Waals surface area (Å²) in [5.41, 5.74) is 0.105. The van der Waals surface area contributed by atoms with Gasteiger partial charge in [0.25, 0.3) is 0 Å². The van der Waals surface area contributed by atoms with Gasteiger partial charge >= 0.3 is 6.36 Å². The summed E-state index contributed by atoms with van der Waals surface area (Å²) in [6.07, 6.45) is -4.85. The van der Waals surface area contributed by atoms with Crippen molar-refractivity contribution in [1.82, 2.24) is 4.31 Å². The van der Waals surface area contributed by atoms with Crippen molar-refractivity contribution in [2.75, 3.05) is 7.05 Å². The van der Waals surface area contributed by atoms with Crippen LogP contribution in [-0.2, 0) is 16.6 Å². The SMILES string of the molecule is CN(Cc1ccccc1OC(F)(F)F)S(=O)(=O)c1ccccc1Br. The number of rotatable bonds is 5. The molecule has 0 aliphatic heterocycles. The minimum Gasteiger partial charge on any atom is -0.405 e. The van der Waals surface area contributed by atoms with E-state index < -0.39 is 22.1 Å². The Balaban J connectivity index is 2.30. The third-order valence-corrected chi connectivity index (χ3v) is 5.93. The Morgan fingerprint density at radius 3 is 2.29 bits per heavy atom. The maximum absolute atomic E-state index is 12.6. The van der Waals surface area contributed by atoms with Gasteiger partial charge in [-0.3, -0.25) is 0 Å². The lowest BCUT2D eigenvalue weighted by molar-refractivity contribution is -0.274. The molecule has 4 nitrogen and oxygen atoms in total. The van der Waals surface area contributed by atoms with Crippen LogP contribution >= 0.6 is 15.9 Å². The Bertz CT molecular complexity index is 825. The predicted molar refractivity (Wildman–Crippen MR) is 85.9 cm³/mol. The van der Waals surface area contributed by atoms with Crippen molar-refractivity contribution in [3.63, 3.8) is 0 Å². The van der Waals surface area contributed by atoms with Crippen molar-refractivity contribution in [2.45, 2.75) is 17.8 Å². The monoisotopic (exact) mass is 423 g/mol. The van der Waals surface area contributed by atoms with Crippen molar-refractivity contribution >= 4 is 26.0 Å². The molecule has 0 N–H and O–H groups in total. The minimum atomic E-state index is -4.85. The molecule has 0 atom stereocenters. The van der Waals surface area contributed by atoms with E-state index in [4.69, 9.17) is 0 Å². The van der Waals surface area contributed by atoms with Gasteiger partial charge < -0.3 is 4.74 Å². The normalized spacial score (nSPS) is 12.4. The predicted octanol–water partition coefficient (Wildman–Crippen LogP) is 4.17. The lowest BCUT2D eigenvalue weighted by Crippen LogP contribution is -2.27. The van der Waals surface area contributed by atoms with Gasteiger partial charge in [0.1, 0.15) is 5.75 Å². The second kappa shape index (κ2) is 7.12. The number of para-hydroxylation sites is 1. The molecule has 0 bridgehead atoms. The van der Waals surface area contributed by atoms with Gasteiger partial charge in [-0.1, -0.05) is 30.3 Å². The highest BCUT2D eigenvalue weighted by Crippen LogP contribution is 2.29. The summed E-state index contributed by atoms with van der Waals surface area (Å²) in [5, 5.41) is 0. The lowest BCUT2D eigenvalue weighted by Gasteiger charge is -2.20. The fourth-order valence-corrected chi connectivity index (χ4v) is 4.11. The molecular weight excluding hydrogens is 411 g/mol. The smallest absolute Gasteiger partial charge is 0.405 e. The molecule has 0 aliphatic carbocycles. The fraction of sp³-hybridized carbons (Fsp3) is 0.200. The van der Waals surface area contributed by atoms with Crippen molar-refractivity contribution in [2.24, 2.45) is 0 Å². The molecule has 2 rings (SSSR count). The van der Waals surface area contributed by atoms with Crippen molar-refractivity contribution in [3.8, 4) is 5.75 Å². The van der Waals surface area contributed by atoms with Crippen molar-refractivity contribution in [3.05, 3.63) is 58.6 Å². The van der Waals surface area contributed by atoms with Gasteiger partial charge in [0, 0.05) is 23.6 Å². The number of sulfonamides is 1. The maximum Gasteiger partial charge on any atom is 0.573 e. The minimum absolute atomic E-state index is 0.0294. The first-order chi connectivity index (χ1) is 11.1. The summed E-state index contributed by atoms with van der Waals surface area (Å²) in [6, 6.07) is 11.6. The standard InChI is InChI=1S/C15H13BrF3NO3S/c1-20(24(21,22)14-9-5-3-7-12(14)16)10-11-6-2-4-8-13(11)23-15(17,18)19/h2-9H,10H2,1H3. The summed E-state index contributed by atoms with van der Waals surface area (Å²) in [6.45, 7) is -0.268.